The predicted molar refractivity (Wildman–Crippen MR) is 89.5 cm³/mol. The first-order valence-corrected chi connectivity index (χ1v) is 7.79. The monoisotopic (exact) mass is 362 g/mol. The van der Waals surface area contributed by atoms with Crippen molar-refractivity contribution >= 4 is 33.1 Å². The van der Waals surface area contributed by atoms with Crippen LogP contribution in [0.2, 0.25) is 0 Å². The summed E-state index contributed by atoms with van der Waals surface area (Å²) in [5.41, 5.74) is 0.814. The van der Waals surface area contributed by atoms with E-state index in [1.807, 2.05) is 24.3 Å². The van der Waals surface area contributed by atoms with Gasteiger partial charge in [0.1, 0.15) is 11.5 Å². The first kappa shape index (κ1) is 14.8. The third-order valence-electron chi connectivity index (χ3n) is 3.73. The lowest BCUT2D eigenvalue weighted by Crippen LogP contribution is -2.47. The predicted octanol–water partition coefficient (Wildman–Crippen LogP) is 3.08. The van der Waals surface area contributed by atoms with Crippen molar-refractivity contribution in [3.05, 3.63) is 57.2 Å². The number of anilines is 2. The number of rotatable bonds is 3. The van der Waals surface area contributed by atoms with Gasteiger partial charge in [-0.15, -0.1) is 0 Å². The van der Waals surface area contributed by atoms with Gasteiger partial charge in [0.15, 0.2) is 0 Å². The number of nitrogens with zero attached hydrogens (tertiary/aromatic N) is 4. The Balaban J connectivity index is 1.76. The Hall–Kier alpha value is -2.15. The molecule has 1 aliphatic heterocycles. The minimum Gasteiger partial charge on any atom is -0.362 e. The topological polar surface area (TPSA) is 62.5 Å². The van der Waals surface area contributed by atoms with E-state index in [9.17, 15) is 10.1 Å². The average molecular weight is 363 g/mol. The van der Waals surface area contributed by atoms with Crippen molar-refractivity contribution in [2.75, 3.05) is 36.0 Å². The molecular weight excluding hydrogens is 348 g/mol. The molecule has 1 fully saturated rings. The van der Waals surface area contributed by atoms with Crippen LogP contribution in [0.1, 0.15) is 0 Å². The van der Waals surface area contributed by atoms with Crippen LogP contribution in [0.5, 0.6) is 0 Å². The van der Waals surface area contributed by atoms with E-state index < -0.39 is 0 Å². The first-order chi connectivity index (χ1) is 10.6. The number of pyridine rings is 1. The maximum absolute atomic E-state index is 11.2. The second kappa shape index (κ2) is 6.31. The Kier molecular flexibility index (Phi) is 4.24. The van der Waals surface area contributed by atoms with Crippen LogP contribution in [-0.2, 0) is 0 Å². The van der Waals surface area contributed by atoms with Gasteiger partial charge in [0, 0.05) is 42.9 Å². The molecule has 0 bridgehead atoms. The molecule has 7 heteroatoms. The van der Waals surface area contributed by atoms with E-state index in [-0.39, 0.29) is 10.6 Å². The fourth-order valence-corrected chi connectivity index (χ4v) is 2.98. The molecule has 0 N–H and O–H groups in total. The van der Waals surface area contributed by atoms with Crippen molar-refractivity contribution in [2.45, 2.75) is 0 Å². The van der Waals surface area contributed by atoms with Crippen LogP contribution in [0.3, 0.4) is 0 Å². The summed E-state index contributed by atoms with van der Waals surface area (Å²) in [4.78, 5) is 19.5. The Morgan fingerprint density at radius 1 is 1.09 bits per heavy atom. The molecule has 0 atom stereocenters. The maximum Gasteiger partial charge on any atom is 0.293 e. The standard InChI is InChI=1S/C15H15BrN4O2/c16-12-4-5-13(14(11-12)20(21)22)18-7-9-19(10-8-18)15-3-1-2-6-17-15/h1-6,11H,7-10H2. The van der Waals surface area contributed by atoms with E-state index >= 15 is 0 Å². The van der Waals surface area contributed by atoms with Gasteiger partial charge in [-0.3, -0.25) is 10.1 Å². The summed E-state index contributed by atoms with van der Waals surface area (Å²) in [6.07, 6.45) is 1.78. The van der Waals surface area contributed by atoms with E-state index in [0.717, 1.165) is 36.5 Å². The number of nitro benzene ring substituents is 1. The number of aromatic nitrogens is 1. The number of halogens is 1. The lowest BCUT2D eigenvalue weighted by molar-refractivity contribution is -0.384. The highest BCUT2D eigenvalue weighted by Crippen LogP contribution is 2.32. The SMILES string of the molecule is O=[N+]([O-])c1cc(Br)ccc1N1CCN(c2ccccn2)CC1. The summed E-state index contributed by atoms with van der Waals surface area (Å²) in [7, 11) is 0. The fourth-order valence-electron chi connectivity index (χ4n) is 2.63. The lowest BCUT2D eigenvalue weighted by Gasteiger charge is -2.36. The zero-order chi connectivity index (χ0) is 15.5. The smallest absolute Gasteiger partial charge is 0.293 e. The number of benzene rings is 1. The van der Waals surface area contributed by atoms with Crippen LogP contribution in [0, 0.1) is 10.1 Å². The number of hydrogen-bond acceptors (Lipinski definition) is 5. The summed E-state index contributed by atoms with van der Waals surface area (Å²) in [5, 5.41) is 11.2. The summed E-state index contributed by atoms with van der Waals surface area (Å²) >= 11 is 3.29. The Bertz CT molecular complexity index is 672. The van der Waals surface area contributed by atoms with Gasteiger partial charge in [0.05, 0.1) is 4.92 Å². The minimum atomic E-state index is -0.328. The van der Waals surface area contributed by atoms with Crippen molar-refractivity contribution < 1.29 is 4.92 Å². The van der Waals surface area contributed by atoms with Gasteiger partial charge in [-0.1, -0.05) is 22.0 Å². The van der Waals surface area contributed by atoms with Crippen molar-refractivity contribution in [3.8, 4) is 0 Å². The van der Waals surface area contributed by atoms with Crippen LogP contribution in [0.25, 0.3) is 0 Å². The molecule has 0 unspecified atom stereocenters. The highest BCUT2D eigenvalue weighted by Gasteiger charge is 2.24. The Morgan fingerprint density at radius 2 is 1.82 bits per heavy atom. The number of hydrogen-bond donors (Lipinski definition) is 0. The molecule has 1 aromatic carbocycles. The molecule has 2 aromatic rings. The molecule has 6 nitrogen and oxygen atoms in total. The highest BCUT2D eigenvalue weighted by molar-refractivity contribution is 9.10. The largest absolute Gasteiger partial charge is 0.362 e. The molecular formula is C15H15BrN4O2. The van der Waals surface area contributed by atoms with E-state index in [1.165, 1.54) is 0 Å². The van der Waals surface area contributed by atoms with Crippen molar-refractivity contribution in [3.63, 3.8) is 0 Å². The normalized spacial score (nSPS) is 15.0. The maximum atomic E-state index is 11.2. The van der Waals surface area contributed by atoms with Gasteiger partial charge in [0.25, 0.3) is 5.69 Å². The number of piperazine rings is 1. The van der Waals surface area contributed by atoms with Crippen LogP contribution in [0.4, 0.5) is 17.2 Å². The lowest BCUT2D eigenvalue weighted by atomic mass is 10.2. The van der Waals surface area contributed by atoms with Gasteiger partial charge in [0.2, 0.25) is 0 Å². The van der Waals surface area contributed by atoms with Crippen LogP contribution in [0.15, 0.2) is 47.1 Å². The molecule has 1 saturated heterocycles. The van der Waals surface area contributed by atoms with Crippen LogP contribution in [-0.4, -0.2) is 36.1 Å². The summed E-state index contributed by atoms with van der Waals surface area (Å²) in [6.45, 7) is 3.06. The Morgan fingerprint density at radius 3 is 2.45 bits per heavy atom. The van der Waals surface area contributed by atoms with Crippen LogP contribution >= 0.6 is 15.9 Å². The minimum absolute atomic E-state index is 0.140. The average Bonchev–Trinajstić information content (AvgIpc) is 2.56. The van der Waals surface area contributed by atoms with E-state index in [0.29, 0.717) is 5.69 Å². The molecule has 0 aliphatic carbocycles. The zero-order valence-electron chi connectivity index (χ0n) is 11.9. The van der Waals surface area contributed by atoms with Gasteiger partial charge in [-0.2, -0.15) is 0 Å². The zero-order valence-corrected chi connectivity index (χ0v) is 13.4. The van der Waals surface area contributed by atoms with Crippen molar-refractivity contribution in [1.29, 1.82) is 0 Å². The highest BCUT2D eigenvalue weighted by atomic mass is 79.9. The van der Waals surface area contributed by atoms with Crippen molar-refractivity contribution in [2.24, 2.45) is 0 Å². The van der Waals surface area contributed by atoms with Gasteiger partial charge in [-0.05, 0) is 24.3 Å². The molecule has 0 radical (unpaired) electrons. The van der Waals surface area contributed by atoms with E-state index in [2.05, 4.69) is 30.7 Å². The first-order valence-electron chi connectivity index (χ1n) is 7.00. The third kappa shape index (κ3) is 3.04. The molecule has 1 aromatic heterocycles. The summed E-state index contributed by atoms with van der Waals surface area (Å²) < 4.78 is 0.718. The summed E-state index contributed by atoms with van der Waals surface area (Å²) in [6, 6.07) is 11.0. The molecule has 114 valence electrons. The second-order valence-electron chi connectivity index (χ2n) is 5.05. The second-order valence-corrected chi connectivity index (χ2v) is 5.97. The quantitative estimate of drug-likeness (QED) is 0.620. The van der Waals surface area contributed by atoms with Gasteiger partial charge in [-0.25, -0.2) is 4.98 Å². The van der Waals surface area contributed by atoms with Gasteiger partial charge >= 0.3 is 0 Å². The van der Waals surface area contributed by atoms with Gasteiger partial charge < -0.3 is 9.80 Å². The molecule has 1 aliphatic rings. The molecule has 2 heterocycles. The fraction of sp³-hybridized carbons (Fsp3) is 0.267. The number of nitro groups is 1. The summed E-state index contributed by atoms with van der Waals surface area (Å²) in [5.74, 6) is 0.951. The van der Waals surface area contributed by atoms with E-state index in [1.54, 1.807) is 18.3 Å². The molecule has 0 spiro atoms. The molecule has 22 heavy (non-hydrogen) atoms. The Labute approximate surface area is 136 Å². The van der Waals surface area contributed by atoms with E-state index in [4.69, 9.17) is 0 Å². The molecule has 3 rings (SSSR count). The molecule has 0 amide bonds. The molecule has 0 saturated carbocycles. The van der Waals surface area contributed by atoms with Crippen molar-refractivity contribution in [1.82, 2.24) is 4.98 Å². The third-order valence-corrected chi connectivity index (χ3v) is 4.22. The van der Waals surface area contributed by atoms with Crippen LogP contribution < -0.4 is 9.80 Å².